The Morgan fingerprint density at radius 2 is 2.00 bits per heavy atom. The lowest BCUT2D eigenvalue weighted by Crippen LogP contribution is -2.45. The second kappa shape index (κ2) is 9.84. The van der Waals surface area contributed by atoms with Crippen LogP contribution in [-0.4, -0.2) is 25.2 Å². The first-order valence-electron chi connectivity index (χ1n) is 4.36. The number of rotatable bonds is 5. The van der Waals surface area contributed by atoms with Crippen LogP contribution in [0.2, 0.25) is 0 Å². The Labute approximate surface area is 107 Å². The average Bonchev–Trinajstić information content (AvgIpc) is 2.14. The molecule has 0 saturated carbocycles. The van der Waals surface area contributed by atoms with Crippen LogP contribution in [0.25, 0.3) is 0 Å². The van der Waals surface area contributed by atoms with Crippen LogP contribution >= 0.6 is 24.8 Å². The molecule has 16 heavy (non-hydrogen) atoms. The van der Waals surface area contributed by atoms with E-state index in [1.807, 2.05) is 0 Å². The summed E-state index contributed by atoms with van der Waals surface area (Å²) in [5.74, 6) is -0.897. The molecule has 0 aliphatic heterocycles. The lowest BCUT2D eigenvalue weighted by molar-refractivity contribution is -0.146. The molecule has 0 spiro atoms. The molecule has 0 radical (unpaired) electrons. The van der Waals surface area contributed by atoms with Crippen molar-refractivity contribution in [1.82, 2.24) is 0 Å². The van der Waals surface area contributed by atoms with Gasteiger partial charge in [-0.3, -0.25) is 4.79 Å². The van der Waals surface area contributed by atoms with Crippen molar-refractivity contribution in [2.75, 3.05) is 13.7 Å². The van der Waals surface area contributed by atoms with Crippen molar-refractivity contribution in [2.45, 2.75) is 25.3 Å². The highest BCUT2D eigenvalue weighted by atomic mass is 35.5. The molecule has 0 aliphatic carbocycles. The SMILES string of the molecule is COC(=O)C(C)(N)CC/C(F)=C\CN.Cl.Cl. The number of methoxy groups -OCH3 is 1. The van der Waals surface area contributed by atoms with Gasteiger partial charge in [0.25, 0.3) is 0 Å². The predicted octanol–water partition coefficient (Wildman–Crippen LogP) is 1.31. The van der Waals surface area contributed by atoms with Gasteiger partial charge in [0.2, 0.25) is 0 Å². The van der Waals surface area contributed by atoms with Gasteiger partial charge in [0, 0.05) is 13.0 Å². The van der Waals surface area contributed by atoms with Gasteiger partial charge >= 0.3 is 5.97 Å². The molecule has 0 saturated heterocycles. The maximum absolute atomic E-state index is 12.9. The number of carbonyl (C=O) groups excluding carboxylic acids is 1. The summed E-state index contributed by atoms with van der Waals surface area (Å²) >= 11 is 0. The molecular formula is C9H19Cl2FN2O2. The predicted molar refractivity (Wildman–Crippen MR) is 66.6 cm³/mol. The van der Waals surface area contributed by atoms with Gasteiger partial charge in [0.05, 0.1) is 12.9 Å². The van der Waals surface area contributed by atoms with Gasteiger partial charge < -0.3 is 16.2 Å². The van der Waals surface area contributed by atoms with Crippen molar-refractivity contribution in [3.05, 3.63) is 11.9 Å². The van der Waals surface area contributed by atoms with Crippen molar-refractivity contribution >= 4 is 30.8 Å². The molecule has 0 heterocycles. The van der Waals surface area contributed by atoms with Gasteiger partial charge in [-0.1, -0.05) is 0 Å². The van der Waals surface area contributed by atoms with Gasteiger partial charge in [0.1, 0.15) is 5.54 Å². The van der Waals surface area contributed by atoms with Crippen LogP contribution in [-0.2, 0) is 9.53 Å². The first-order chi connectivity index (χ1) is 6.44. The molecule has 4 nitrogen and oxygen atoms in total. The first kappa shape index (κ1) is 21.0. The highest BCUT2D eigenvalue weighted by Gasteiger charge is 2.29. The van der Waals surface area contributed by atoms with E-state index in [-0.39, 0.29) is 50.0 Å². The number of esters is 1. The van der Waals surface area contributed by atoms with E-state index < -0.39 is 11.5 Å². The number of allylic oxidation sites excluding steroid dienone is 1. The van der Waals surface area contributed by atoms with Crippen LogP contribution in [0, 0.1) is 0 Å². The van der Waals surface area contributed by atoms with E-state index in [9.17, 15) is 9.18 Å². The van der Waals surface area contributed by atoms with Crippen molar-refractivity contribution in [3.63, 3.8) is 0 Å². The van der Waals surface area contributed by atoms with Crippen LogP contribution in [0.4, 0.5) is 4.39 Å². The Kier molecular flexibility index (Phi) is 12.9. The van der Waals surface area contributed by atoms with Gasteiger partial charge in [-0.15, -0.1) is 24.8 Å². The maximum atomic E-state index is 12.9. The summed E-state index contributed by atoms with van der Waals surface area (Å²) in [6.07, 6.45) is 1.55. The quantitative estimate of drug-likeness (QED) is 0.743. The molecule has 0 aromatic carbocycles. The van der Waals surface area contributed by atoms with Crippen LogP contribution in [0.15, 0.2) is 11.9 Å². The second-order valence-corrected chi connectivity index (χ2v) is 3.30. The van der Waals surface area contributed by atoms with Crippen LogP contribution in [0.1, 0.15) is 19.8 Å². The second-order valence-electron chi connectivity index (χ2n) is 3.30. The molecule has 0 aromatic heterocycles. The van der Waals surface area contributed by atoms with E-state index in [0.717, 1.165) is 0 Å². The fraction of sp³-hybridized carbons (Fsp3) is 0.667. The minimum absolute atomic E-state index is 0. The van der Waals surface area contributed by atoms with Gasteiger partial charge in [0.15, 0.2) is 0 Å². The third-order valence-corrected chi connectivity index (χ3v) is 1.87. The minimum Gasteiger partial charge on any atom is -0.468 e. The zero-order valence-corrected chi connectivity index (χ0v) is 11.0. The van der Waals surface area contributed by atoms with E-state index in [1.54, 1.807) is 0 Å². The highest BCUT2D eigenvalue weighted by Crippen LogP contribution is 2.15. The molecule has 1 unspecified atom stereocenters. The number of hydrogen-bond donors (Lipinski definition) is 2. The van der Waals surface area contributed by atoms with Crippen LogP contribution in [0.5, 0.6) is 0 Å². The van der Waals surface area contributed by atoms with E-state index >= 15 is 0 Å². The standard InChI is InChI=1S/C9H17FN2O2.2ClH/c1-9(12,8(13)14-2)5-3-7(10)4-6-11;;/h4H,3,5-6,11-12H2,1-2H3;2*1H/b7-4+;;. The smallest absolute Gasteiger partial charge is 0.325 e. The lowest BCUT2D eigenvalue weighted by atomic mass is 9.97. The Bertz CT molecular complexity index is 236. The minimum atomic E-state index is -1.14. The monoisotopic (exact) mass is 276 g/mol. The average molecular weight is 277 g/mol. The number of hydrogen-bond acceptors (Lipinski definition) is 4. The molecule has 98 valence electrons. The molecule has 0 aromatic rings. The molecule has 0 fully saturated rings. The maximum Gasteiger partial charge on any atom is 0.325 e. The molecule has 7 heteroatoms. The summed E-state index contributed by atoms with van der Waals surface area (Å²) in [6, 6.07) is 0. The zero-order chi connectivity index (χ0) is 11.2. The Balaban J connectivity index is -0.000000845. The molecule has 1 atom stereocenters. The Morgan fingerprint density at radius 3 is 2.38 bits per heavy atom. The number of halogens is 3. The first-order valence-corrected chi connectivity index (χ1v) is 4.36. The van der Waals surface area contributed by atoms with E-state index in [0.29, 0.717) is 0 Å². The molecule has 4 N–H and O–H groups in total. The third kappa shape index (κ3) is 7.87. The highest BCUT2D eigenvalue weighted by molar-refractivity contribution is 5.85. The molecule has 0 bridgehead atoms. The number of carbonyl (C=O) groups is 1. The van der Waals surface area contributed by atoms with E-state index in [2.05, 4.69) is 4.74 Å². The number of nitrogens with two attached hydrogens (primary N) is 2. The van der Waals surface area contributed by atoms with Gasteiger partial charge in [-0.05, 0) is 19.4 Å². The van der Waals surface area contributed by atoms with Crippen LogP contribution in [0.3, 0.4) is 0 Å². The van der Waals surface area contributed by atoms with Crippen molar-refractivity contribution in [3.8, 4) is 0 Å². The molecule has 0 rings (SSSR count). The Morgan fingerprint density at radius 1 is 1.50 bits per heavy atom. The zero-order valence-electron chi connectivity index (χ0n) is 9.36. The third-order valence-electron chi connectivity index (χ3n) is 1.87. The van der Waals surface area contributed by atoms with Crippen molar-refractivity contribution in [2.24, 2.45) is 11.5 Å². The van der Waals surface area contributed by atoms with Crippen molar-refractivity contribution < 1.29 is 13.9 Å². The van der Waals surface area contributed by atoms with Gasteiger partial charge in [-0.25, -0.2) is 4.39 Å². The summed E-state index contributed by atoms with van der Waals surface area (Å²) in [6.45, 7) is 1.65. The Hall–Kier alpha value is -0.360. The fourth-order valence-electron chi connectivity index (χ4n) is 0.944. The summed E-state index contributed by atoms with van der Waals surface area (Å²) in [7, 11) is 1.25. The summed E-state index contributed by atoms with van der Waals surface area (Å²) in [5.41, 5.74) is 9.59. The molecular weight excluding hydrogens is 258 g/mol. The van der Waals surface area contributed by atoms with Crippen molar-refractivity contribution in [1.29, 1.82) is 0 Å². The van der Waals surface area contributed by atoms with Crippen LogP contribution < -0.4 is 11.5 Å². The number of ether oxygens (including phenoxy) is 1. The summed E-state index contributed by atoms with van der Waals surface area (Å²) in [5, 5.41) is 0. The normalized spacial score (nSPS) is 14.2. The molecule has 0 aliphatic rings. The molecule has 0 amide bonds. The lowest BCUT2D eigenvalue weighted by Gasteiger charge is -2.20. The van der Waals surface area contributed by atoms with E-state index in [4.69, 9.17) is 11.5 Å². The fourth-order valence-corrected chi connectivity index (χ4v) is 0.944. The topological polar surface area (TPSA) is 78.3 Å². The summed E-state index contributed by atoms with van der Waals surface area (Å²) in [4.78, 5) is 11.1. The van der Waals surface area contributed by atoms with E-state index in [1.165, 1.54) is 20.1 Å². The summed E-state index contributed by atoms with van der Waals surface area (Å²) < 4.78 is 17.4. The largest absolute Gasteiger partial charge is 0.468 e. The van der Waals surface area contributed by atoms with Gasteiger partial charge in [-0.2, -0.15) is 0 Å².